The van der Waals surface area contributed by atoms with E-state index in [1.807, 2.05) is 0 Å². The maximum absolute atomic E-state index is 15.6. The Morgan fingerprint density at radius 2 is 0.721 bits per heavy atom. The first-order chi connectivity index (χ1) is 32.5. The van der Waals surface area contributed by atoms with Crippen molar-refractivity contribution in [2.75, 3.05) is 16.9 Å². The fourth-order valence-electron chi connectivity index (χ4n) is 8.89. The van der Waals surface area contributed by atoms with E-state index in [9.17, 15) is 39.5 Å². The van der Waals surface area contributed by atoms with Crippen LogP contribution >= 0.6 is 0 Å². The van der Waals surface area contributed by atoms with Gasteiger partial charge in [-0.1, -0.05) is 54.6 Å². The van der Waals surface area contributed by atoms with E-state index in [2.05, 4.69) is 0 Å². The molecule has 2 heterocycles. The molecule has 0 saturated heterocycles. The van der Waals surface area contributed by atoms with Crippen molar-refractivity contribution in [3.8, 4) is 39.1 Å². The minimum Gasteiger partial charge on any atom is -0.497 e. The standard InChI is InChI=1S/C49H20BF15N2O/c1-68-24-17-29-34-30(18-24)67(23-11-7-19(8-12-23)31-35(51)41(57)47(63)42(58)36(31)52)28-16-21(33-39(55)45(61)49(65)46(62)40(33)56)9-13-25(28)50(34)26-15-20(32-37(53)43(59)48(64)44(60)38(32)54)10-14-27(26)66(29)22-5-3-2-4-6-22/h2-18H,1H3. The minimum atomic E-state index is -2.45. The van der Waals surface area contributed by atoms with E-state index >= 15 is 26.3 Å². The number of hydrogen-bond acceptors (Lipinski definition) is 3. The second-order valence-corrected chi connectivity index (χ2v) is 15.4. The van der Waals surface area contributed by atoms with Gasteiger partial charge < -0.3 is 14.5 Å². The Bertz CT molecular complexity index is 3390. The molecular formula is C49H20BF15N2O. The van der Waals surface area contributed by atoms with Gasteiger partial charge in [0, 0.05) is 46.3 Å². The highest BCUT2D eigenvalue weighted by Crippen LogP contribution is 2.48. The van der Waals surface area contributed by atoms with Crippen molar-refractivity contribution >= 4 is 57.2 Å². The second-order valence-electron chi connectivity index (χ2n) is 15.4. The zero-order chi connectivity index (χ0) is 48.4. The molecule has 10 rings (SSSR count). The predicted molar refractivity (Wildman–Crippen MR) is 223 cm³/mol. The van der Waals surface area contributed by atoms with Gasteiger partial charge in [-0.3, -0.25) is 0 Å². The maximum Gasteiger partial charge on any atom is 0.252 e. The van der Waals surface area contributed by atoms with Crippen molar-refractivity contribution in [3.63, 3.8) is 0 Å². The number of rotatable bonds is 6. The van der Waals surface area contributed by atoms with Crippen LogP contribution in [0.15, 0.2) is 103 Å². The topological polar surface area (TPSA) is 15.7 Å². The Balaban J connectivity index is 1.29. The molecule has 68 heavy (non-hydrogen) atoms. The molecule has 340 valence electrons. The Morgan fingerprint density at radius 3 is 1.19 bits per heavy atom. The molecule has 0 aliphatic carbocycles. The van der Waals surface area contributed by atoms with Crippen molar-refractivity contribution in [3.05, 3.63) is 190 Å². The molecule has 3 nitrogen and oxygen atoms in total. The molecule has 0 saturated carbocycles. The maximum atomic E-state index is 15.6. The van der Waals surface area contributed by atoms with Gasteiger partial charge >= 0.3 is 0 Å². The van der Waals surface area contributed by atoms with Gasteiger partial charge in [0.2, 0.25) is 17.5 Å². The van der Waals surface area contributed by atoms with Crippen molar-refractivity contribution in [1.82, 2.24) is 0 Å². The Hall–Kier alpha value is -7.83. The number of anilines is 6. The minimum absolute atomic E-state index is 0.00505. The molecule has 0 aromatic heterocycles. The zero-order valence-corrected chi connectivity index (χ0v) is 33.9. The molecule has 0 unspecified atom stereocenters. The second kappa shape index (κ2) is 15.9. The molecule has 8 aromatic rings. The summed E-state index contributed by atoms with van der Waals surface area (Å²) in [4.78, 5) is 3.04. The van der Waals surface area contributed by atoms with Crippen LogP contribution in [0.25, 0.3) is 33.4 Å². The predicted octanol–water partition coefficient (Wildman–Crippen LogP) is 12.9. The number of ether oxygens (including phenoxy) is 1. The molecule has 0 amide bonds. The SMILES string of the molecule is COc1cc2c3c(c1)N(c1ccc(-c4c(F)c(F)c(F)c(F)c4F)cc1)c1cc(-c4c(F)c(F)c(F)c(F)c4F)ccc1B3c1cc(-c3c(F)c(F)c(F)c(F)c3F)ccc1N2c1ccccc1. The molecule has 0 atom stereocenters. The van der Waals surface area contributed by atoms with Crippen molar-refractivity contribution in [2.24, 2.45) is 0 Å². The van der Waals surface area contributed by atoms with E-state index in [0.717, 1.165) is 30.3 Å². The van der Waals surface area contributed by atoms with Gasteiger partial charge in [-0.15, -0.1) is 0 Å². The molecule has 19 heteroatoms. The molecule has 2 aliphatic heterocycles. The fourth-order valence-corrected chi connectivity index (χ4v) is 8.89. The van der Waals surface area contributed by atoms with Gasteiger partial charge in [0.05, 0.1) is 23.8 Å². The van der Waals surface area contributed by atoms with Gasteiger partial charge in [-0.2, -0.15) is 0 Å². The first-order valence-electron chi connectivity index (χ1n) is 19.8. The molecule has 0 spiro atoms. The third kappa shape index (κ3) is 6.27. The average Bonchev–Trinajstić information content (AvgIpc) is 3.35. The van der Waals surface area contributed by atoms with Gasteiger partial charge in [-0.05, 0) is 69.5 Å². The fraction of sp³-hybridized carbons (Fsp3) is 0.0204. The number of halogens is 15. The summed E-state index contributed by atoms with van der Waals surface area (Å²) >= 11 is 0. The lowest BCUT2D eigenvalue weighted by Gasteiger charge is -2.44. The number of nitrogens with zero attached hydrogens (tertiary/aromatic N) is 2. The van der Waals surface area contributed by atoms with E-state index in [4.69, 9.17) is 4.74 Å². The highest BCUT2D eigenvalue weighted by Gasteiger charge is 2.45. The lowest BCUT2D eigenvalue weighted by atomic mass is 9.33. The molecule has 8 aromatic carbocycles. The summed E-state index contributed by atoms with van der Waals surface area (Å²) in [6.45, 7) is -1.17. The third-order valence-corrected chi connectivity index (χ3v) is 11.9. The Labute approximate surface area is 373 Å². The Morgan fingerprint density at radius 1 is 0.338 bits per heavy atom. The number of methoxy groups -OCH3 is 1. The van der Waals surface area contributed by atoms with Crippen molar-refractivity contribution < 1.29 is 70.6 Å². The van der Waals surface area contributed by atoms with Crippen LogP contribution in [0.1, 0.15) is 0 Å². The molecule has 0 bridgehead atoms. The van der Waals surface area contributed by atoms with Crippen molar-refractivity contribution in [2.45, 2.75) is 0 Å². The first kappa shape index (κ1) is 44.0. The number of benzene rings is 8. The van der Waals surface area contributed by atoms with Crippen LogP contribution in [0.3, 0.4) is 0 Å². The summed E-state index contributed by atoms with van der Waals surface area (Å²) in [5.41, 5.74) is -3.95. The molecule has 0 N–H and O–H groups in total. The van der Waals surface area contributed by atoms with Crippen LogP contribution in [0.4, 0.5) is 100.0 Å². The van der Waals surface area contributed by atoms with E-state index in [1.54, 1.807) is 41.3 Å². The van der Waals surface area contributed by atoms with Crippen LogP contribution in [0.2, 0.25) is 0 Å². The van der Waals surface area contributed by atoms with Crippen LogP contribution < -0.4 is 30.9 Å². The summed E-state index contributed by atoms with van der Waals surface area (Å²) in [6, 6.07) is 22.7. The number of fused-ring (bicyclic) bond motifs is 4. The lowest BCUT2D eigenvalue weighted by Crippen LogP contribution is -2.61. The summed E-state index contributed by atoms with van der Waals surface area (Å²) in [5.74, 6) is -33.6. The number of hydrogen-bond donors (Lipinski definition) is 0. The van der Waals surface area contributed by atoms with Crippen LogP contribution in [0, 0.1) is 87.3 Å². The van der Waals surface area contributed by atoms with Crippen LogP contribution in [-0.4, -0.2) is 13.8 Å². The van der Waals surface area contributed by atoms with Gasteiger partial charge in [0.15, 0.2) is 69.8 Å². The summed E-state index contributed by atoms with van der Waals surface area (Å²) in [7, 11) is 1.30. The van der Waals surface area contributed by atoms with E-state index in [0.29, 0.717) is 16.8 Å². The highest BCUT2D eigenvalue weighted by molar-refractivity contribution is 7.00. The quantitative estimate of drug-likeness (QED) is 0.0715. The van der Waals surface area contributed by atoms with E-state index < -0.39 is 127 Å². The van der Waals surface area contributed by atoms with Gasteiger partial charge in [-0.25, -0.2) is 65.9 Å². The van der Waals surface area contributed by atoms with E-state index in [1.165, 1.54) is 48.4 Å². The highest BCUT2D eigenvalue weighted by atomic mass is 19.2. The molecular weight excluding hydrogens is 928 g/mol. The Kier molecular flexibility index (Phi) is 10.3. The molecule has 2 aliphatic rings. The van der Waals surface area contributed by atoms with Gasteiger partial charge in [0.1, 0.15) is 5.75 Å². The average molecular weight is 948 g/mol. The monoisotopic (exact) mass is 948 g/mol. The molecule has 0 radical (unpaired) electrons. The largest absolute Gasteiger partial charge is 0.497 e. The molecule has 0 fully saturated rings. The van der Waals surface area contributed by atoms with Crippen LogP contribution in [-0.2, 0) is 0 Å². The zero-order valence-electron chi connectivity index (χ0n) is 33.9. The smallest absolute Gasteiger partial charge is 0.252 e. The normalized spacial score (nSPS) is 12.6. The van der Waals surface area contributed by atoms with Gasteiger partial charge in [0.25, 0.3) is 6.71 Å². The number of para-hydroxylation sites is 1. The summed E-state index contributed by atoms with van der Waals surface area (Å²) in [6.07, 6.45) is 0. The first-order valence-corrected chi connectivity index (χ1v) is 19.8. The van der Waals surface area contributed by atoms with E-state index in [-0.39, 0.29) is 39.4 Å². The summed E-state index contributed by atoms with van der Waals surface area (Å²) in [5, 5.41) is 0. The lowest BCUT2D eigenvalue weighted by molar-refractivity contribution is 0.381. The summed E-state index contributed by atoms with van der Waals surface area (Å²) < 4.78 is 228. The van der Waals surface area contributed by atoms with Crippen LogP contribution in [0.5, 0.6) is 5.75 Å². The van der Waals surface area contributed by atoms with Crippen molar-refractivity contribution in [1.29, 1.82) is 0 Å². The third-order valence-electron chi connectivity index (χ3n) is 11.9.